The van der Waals surface area contributed by atoms with Crippen molar-refractivity contribution in [1.82, 2.24) is 4.57 Å². The van der Waals surface area contributed by atoms with Crippen molar-refractivity contribution in [2.45, 2.75) is 13.0 Å². The molecule has 0 aliphatic carbocycles. The highest BCUT2D eigenvalue weighted by molar-refractivity contribution is 7.07. The molecule has 0 radical (unpaired) electrons. The third-order valence-corrected chi connectivity index (χ3v) is 6.41. The molecule has 0 bridgehead atoms. The Balaban J connectivity index is 1.95. The average Bonchev–Trinajstić information content (AvgIpc) is 3.16. The highest BCUT2D eigenvalue weighted by Gasteiger charge is 2.33. The molecule has 3 aromatic rings. The Bertz CT molecular complexity index is 1530. The van der Waals surface area contributed by atoms with Crippen molar-refractivity contribution in [2.24, 2.45) is 4.99 Å². The van der Waals surface area contributed by atoms with Crippen molar-refractivity contribution in [1.29, 1.82) is 0 Å². The molecule has 4 rings (SSSR count). The number of hydrogen-bond donors (Lipinski definition) is 0. The SMILES string of the molecule is C=CCOC(=O)C1=C(C)N=c2s/c(=C\c3ccccc3[N+](=O)[O-])c(=O)n2[C@@H]1c1ccc(OC)cc1. The molecule has 1 aromatic heterocycles. The van der Waals surface area contributed by atoms with E-state index < -0.39 is 22.5 Å². The van der Waals surface area contributed by atoms with E-state index in [1.54, 1.807) is 56.5 Å². The maximum atomic E-state index is 13.6. The van der Waals surface area contributed by atoms with Gasteiger partial charge in [-0.05, 0) is 36.8 Å². The fourth-order valence-corrected chi connectivity index (χ4v) is 4.85. The number of nitro groups is 1. The van der Waals surface area contributed by atoms with Crippen molar-refractivity contribution in [3.63, 3.8) is 0 Å². The summed E-state index contributed by atoms with van der Waals surface area (Å²) in [5, 5.41) is 11.4. The minimum Gasteiger partial charge on any atom is -0.497 e. The number of nitrogens with zero attached hydrogens (tertiary/aromatic N) is 3. The van der Waals surface area contributed by atoms with Gasteiger partial charge in [0.05, 0.1) is 39.4 Å². The second-order valence-corrected chi connectivity index (χ2v) is 8.57. The predicted octanol–water partition coefficient (Wildman–Crippen LogP) is 2.88. The number of thiazole rings is 1. The second-order valence-electron chi connectivity index (χ2n) is 7.56. The third kappa shape index (κ3) is 4.56. The smallest absolute Gasteiger partial charge is 0.338 e. The van der Waals surface area contributed by atoms with E-state index in [4.69, 9.17) is 9.47 Å². The van der Waals surface area contributed by atoms with Crippen LogP contribution in [0.25, 0.3) is 6.08 Å². The summed E-state index contributed by atoms with van der Waals surface area (Å²) < 4.78 is 12.2. The zero-order valence-electron chi connectivity index (χ0n) is 19.0. The second kappa shape index (κ2) is 9.90. The Morgan fingerprint density at radius 3 is 2.63 bits per heavy atom. The molecule has 0 amide bonds. The quantitative estimate of drug-likeness (QED) is 0.217. The van der Waals surface area contributed by atoms with Crippen LogP contribution in [0.3, 0.4) is 0 Å². The highest BCUT2D eigenvalue weighted by atomic mass is 32.1. The summed E-state index contributed by atoms with van der Waals surface area (Å²) in [6.45, 7) is 5.26. The number of esters is 1. The van der Waals surface area contributed by atoms with Crippen LogP contribution in [0.2, 0.25) is 0 Å². The molecule has 178 valence electrons. The Kier molecular flexibility index (Phi) is 6.74. The Morgan fingerprint density at radius 1 is 1.26 bits per heavy atom. The van der Waals surface area contributed by atoms with Gasteiger partial charge in [-0.2, -0.15) is 0 Å². The van der Waals surface area contributed by atoms with Gasteiger partial charge in [-0.3, -0.25) is 19.5 Å². The van der Waals surface area contributed by atoms with E-state index >= 15 is 0 Å². The summed E-state index contributed by atoms with van der Waals surface area (Å²) in [7, 11) is 1.54. The van der Waals surface area contributed by atoms with E-state index in [9.17, 15) is 19.7 Å². The lowest BCUT2D eigenvalue weighted by Gasteiger charge is -2.24. The monoisotopic (exact) mass is 491 g/mol. The van der Waals surface area contributed by atoms with E-state index in [0.717, 1.165) is 11.3 Å². The van der Waals surface area contributed by atoms with Crippen LogP contribution < -0.4 is 19.6 Å². The molecule has 2 heterocycles. The molecule has 0 saturated heterocycles. The molecule has 35 heavy (non-hydrogen) atoms. The summed E-state index contributed by atoms with van der Waals surface area (Å²) in [5.41, 5.74) is 1.05. The van der Waals surface area contributed by atoms with Gasteiger partial charge in [0.15, 0.2) is 4.80 Å². The van der Waals surface area contributed by atoms with Crippen LogP contribution in [0.5, 0.6) is 5.75 Å². The normalized spacial score (nSPS) is 15.3. The lowest BCUT2D eigenvalue weighted by molar-refractivity contribution is -0.385. The molecule has 0 saturated carbocycles. The van der Waals surface area contributed by atoms with Gasteiger partial charge in [0.25, 0.3) is 11.2 Å². The number of ether oxygens (including phenoxy) is 2. The van der Waals surface area contributed by atoms with Crippen molar-refractivity contribution < 1.29 is 19.2 Å². The first kappa shape index (κ1) is 23.8. The zero-order valence-corrected chi connectivity index (χ0v) is 19.8. The number of benzene rings is 2. The first-order chi connectivity index (χ1) is 16.8. The van der Waals surface area contributed by atoms with Crippen LogP contribution >= 0.6 is 11.3 Å². The van der Waals surface area contributed by atoms with Gasteiger partial charge in [-0.15, -0.1) is 0 Å². The molecular weight excluding hydrogens is 470 g/mol. The molecule has 1 atom stereocenters. The lowest BCUT2D eigenvalue weighted by Crippen LogP contribution is -2.39. The van der Waals surface area contributed by atoms with Gasteiger partial charge < -0.3 is 9.47 Å². The van der Waals surface area contributed by atoms with Gasteiger partial charge >= 0.3 is 5.97 Å². The Morgan fingerprint density at radius 2 is 1.97 bits per heavy atom. The molecule has 2 aromatic carbocycles. The van der Waals surface area contributed by atoms with E-state index in [1.165, 1.54) is 22.8 Å². The van der Waals surface area contributed by atoms with Gasteiger partial charge in [0.2, 0.25) is 0 Å². The number of para-hydroxylation sites is 1. The van der Waals surface area contributed by atoms with Crippen molar-refractivity contribution in [3.05, 3.63) is 113 Å². The number of aromatic nitrogens is 1. The van der Waals surface area contributed by atoms with E-state index in [0.29, 0.717) is 27.4 Å². The molecule has 1 aliphatic rings. The van der Waals surface area contributed by atoms with Gasteiger partial charge in [-0.1, -0.05) is 48.3 Å². The largest absolute Gasteiger partial charge is 0.497 e. The standard InChI is InChI=1S/C25H21N3O6S/c1-4-13-34-24(30)21-15(2)26-25-27(22(21)16-9-11-18(33-3)12-10-16)23(29)20(35-25)14-17-7-5-6-8-19(17)28(31)32/h4-12,14,22H,1,13H2,2-3H3/b20-14-/t22-/m1/s1. The van der Waals surface area contributed by atoms with E-state index in [1.807, 2.05) is 0 Å². The third-order valence-electron chi connectivity index (χ3n) is 5.43. The average molecular weight is 492 g/mol. The summed E-state index contributed by atoms with van der Waals surface area (Å²) in [5.74, 6) is 0.00831. The Hall–Kier alpha value is -4.31. The molecule has 0 spiro atoms. The first-order valence-electron chi connectivity index (χ1n) is 10.5. The fourth-order valence-electron chi connectivity index (χ4n) is 3.81. The maximum absolute atomic E-state index is 13.6. The van der Waals surface area contributed by atoms with E-state index in [2.05, 4.69) is 11.6 Å². The number of methoxy groups -OCH3 is 1. The number of carbonyl (C=O) groups excluding carboxylic acids is 1. The molecule has 0 unspecified atom stereocenters. The molecule has 0 N–H and O–H groups in total. The predicted molar refractivity (Wildman–Crippen MR) is 131 cm³/mol. The summed E-state index contributed by atoms with van der Waals surface area (Å²) >= 11 is 1.10. The number of nitro benzene ring substituents is 1. The van der Waals surface area contributed by atoms with Crippen LogP contribution in [0.15, 0.2) is 82.2 Å². The van der Waals surface area contributed by atoms with Crippen molar-refractivity contribution in [2.75, 3.05) is 13.7 Å². The minimum absolute atomic E-state index is 0.00699. The van der Waals surface area contributed by atoms with Crippen molar-refractivity contribution >= 4 is 29.1 Å². The lowest BCUT2D eigenvalue weighted by atomic mass is 9.96. The maximum Gasteiger partial charge on any atom is 0.338 e. The van der Waals surface area contributed by atoms with Crippen LogP contribution in [0.4, 0.5) is 5.69 Å². The number of fused-ring (bicyclic) bond motifs is 1. The number of hydrogen-bond acceptors (Lipinski definition) is 8. The topological polar surface area (TPSA) is 113 Å². The van der Waals surface area contributed by atoms with Gasteiger partial charge in [-0.25, -0.2) is 9.79 Å². The molecular formula is C25H21N3O6S. The number of rotatable bonds is 7. The van der Waals surface area contributed by atoms with Gasteiger partial charge in [0, 0.05) is 6.07 Å². The van der Waals surface area contributed by atoms with Crippen LogP contribution in [-0.4, -0.2) is 29.2 Å². The summed E-state index contributed by atoms with van der Waals surface area (Å²) in [6.07, 6.45) is 2.93. The number of carbonyl (C=O) groups is 1. The number of allylic oxidation sites excluding steroid dienone is 1. The summed E-state index contributed by atoms with van der Waals surface area (Å²) in [4.78, 5) is 42.4. The molecule has 10 heteroatoms. The molecule has 9 nitrogen and oxygen atoms in total. The highest BCUT2D eigenvalue weighted by Crippen LogP contribution is 2.31. The summed E-state index contributed by atoms with van der Waals surface area (Å²) in [6, 6.07) is 12.4. The van der Waals surface area contributed by atoms with Crippen LogP contribution in [0.1, 0.15) is 24.1 Å². The Labute approximate surface area is 203 Å². The van der Waals surface area contributed by atoms with Crippen LogP contribution in [-0.2, 0) is 9.53 Å². The molecule has 1 aliphatic heterocycles. The van der Waals surface area contributed by atoms with Crippen molar-refractivity contribution in [3.8, 4) is 5.75 Å². The van der Waals surface area contributed by atoms with E-state index in [-0.39, 0.29) is 22.4 Å². The fraction of sp³-hybridized carbons (Fsp3) is 0.160. The molecule has 0 fully saturated rings. The minimum atomic E-state index is -0.803. The van der Waals surface area contributed by atoms with Crippen LogP contribution in [0, 0.1) is 10.1 Å². The van der Waals surface area contributed by atoms with Gasteiger partial charge in [0.1, 0.15) is 12.4 Å². The first-order valence-corrected chi connectivity index (χ1v) is 11.3. The zero-order chi connectivity index (χ0) is 25.1.